The second-order valence-corrected chi connectivity index (χ2v) is 4.50. The number of aryl methyl sites for hydroxylation is 1. The zero-order valence-corrected chi connectivity index (χ0v) is 10.6. The van der Waals surface area contributed by atoms with Crippen molar-refractivity contribution in [2.24, 2.45) is 5.92 Å². The van der Waals surface area contributed by atoms with E-state index in [1.807, 2.05) is 13.8 Å². The Hall–Kier alpha value is -1.29. The minimum Gasteiger partial charge on any atom is -0.370 e. The van der Waals surface area contributed by atoms with E-state index in [9.17, 15) is 4.79 Å². The van der Waals surface area contributed by atoms with Gasteiger partial charge >= 0.3 is 0 Å². The molecule has 0 aliphatic heterocycles. The lowest BCUT2D eigenvalue weighted by molar-refractivity contribution is 0.0398. The first-order valence-electron chi connectivity index (χ1n) is 6.09. The highest BCUT2D eigenvalue weighted by atomic mass is 16.5. The number of ether oxygens (including phenoxy) is 1. The highest BCUT2D eigenvalue weighted by Gasteiger charge is 2.35. The molecule has 1 aliphatic carbocycles. The van der Waals surface area contributed by atoms with E-state index >= 15 is 0 Å². The fourth-order valence-electron chi connectivity index (χ4n) is 1.97. The van der Waals surface area contributed by atoms with Crippen molar-refractivity contribution in [3.05, 3.63) is 23.3 Å². The van der Waals surface area contributed by atoms with Gasteiger partial charge in [-0.25, -0.2) is 9.97 Å². The standard InChI is InChI=1S/C13H18N2O2/c1-4-17-12(10-5-6-10)13-14-7-11(9(3)16)8(2)15-13/h7,10,12H,4-6H2,1-3H3. The lowest BCUT2D eigenvalue weighted by Crippen LogP contribution is -2.13. The highest BCUT2D eigenvalue weighted by Crippen LogP contribution is 2.42. The molecule has 1 heterocycles. The van der Waals surface area contributed by atoms with Gasteiger partial charge in [0.1, 0.15) is 6.10 Å². The maximum Gasteiger partial charge on any atom is 0.163 e. The van der Waals surface area contributed by atoms with Gasteiger partial charge < -0.3 is 4.74 Å². The number of Topliss-reactive ketones (excluding diaryl/α,β-unsaturated/α-hetero) is 1. The SMILES string of the molecule is CCOC(c1ncc(C(C)=O)c(C)n1)C1CC1. The summed E-state index contributed by atoms with van der Waals surface area (Å²) >= 11 is 0. The number of nitrogens with zero attached hydrogens (tertiary/aromatic N) is 2. The van der Waals surface area contributed by atoms with Crippen molar-refractivity contribution in [2.75, 3.05) is 6.61 Å². The van der Waals surface area contributed by atoms with E-state index < -0.39 is 0 Å². The van der Waals surface area contributed by atoms with Crippen LogP contribution in [-0.2, 0) is 4.74 Å². The van der Waals surface area contributed by atoms with Crippen molar-refractivity contribution in [3.63, 3.8) is 0 Å². The van der Waals surface area contributed by atoms with Gasteiger partial charge in [0.25, 0.3) is 0 Å². The Balaban J connectivity index is 2.25. The largest absolute Gasteiger partial charge is 0.370 e. The van der Waals surface area contributed by atoms with Gasteiger partial charge in [-0.15, -0.1) is 0 Å². The summed E-state index contributed by atoms with van der Waals surface area (Å²) in [5, 5.41) is 0. The van der Waals surface area contributed by atoms with Gasteiger partial charge in [0.2, 0.25) is 0 Å². The van der Waals surface area contributed by atoms with Gasteiger partial charge in [0.15, 0.2) is 11.6 Å². The Morgan fingerprint density at radius 3 is 2.76 bits per heavy atom. The third kappa shape index (κ3) is 2.69. The van der Waals surface area contributed by atoms with E-state index in [0.29, 0.717) is 18.1 Å². The maximum absolute atomic E-state index is 11.3. The van der Waals surface area contributed by atoms with Gasteiger partial charge in [-0.05, 0) is 39.5 Å². The third-order valence-electron chi connectivity index (χ3n) is 3.03. The van der Waals surface area contributed by atoms with Gasteiger partial charge in [-0.3, -0.25) is 4.79 Å². The number of hydrogen-bond donors (Lipinski definition) is 0. The molecule has 1 fully saturated rings. The van der Waals surface area contributed by atoms with Gasteiger partial charge in [0.05, 0.1) is 11.3 Å². The molecular formula is C13H18N2O2. The number of ketones is 1. The maximum atomic E-state index is 11.3. The summed E-state index contributed by atoms with van der Waals surface area (Å²) in [6.45, 7) is 6.02. The molecule has 1 unspecified atom stereocenters. The first-order valence-corrected chi connectivity index (χ1v) is 6.09. The Kier molecular flexibility index (Phi) is 3.52. The Morgan fingerprint density at radius 1 is 1.59 bits per heavy atom. The van der Waals surface area contributed by atoms with Crippen molar-refractivity contribution < 1.29 is 9.53 Å². The van der Waals surface area contributed by atoms with E-state index in [1.54, 1.807) is 6.20 Å². The summed E-state index contributed by atoms with van der Waals surface area (Å²) in [5.74, 6) is 1.28. The van der Waals surface area contributed by atoms with Crippen LogP contribution in [0.5, 0.6) is 0 Å². The van der Waals surface area contributed by atoms with Crippen LogP contribution in [0.3, 0.4) is 0 Å². The molecule has 17 heavy (non-hydrogen) atoms. The minimum absolute atomic E-state index is 0.000270. The zero-order chi connectivity index (χ0) is 12.4. The fourth-order valence-corrected chi connectivity index (χ4v) is 1.97. The molecule has 0 amide bonds. The molecule has 0 aromatic carbocycles. The summed E-state index contributed by atoms with van der Waals surface area (Å²) in [6.07, 6.45) is 3.98. The molecule has 0 spiro atoms. The van der Waals surface area contributed by atoms with E-state index in [-0.39, 0.29) is 11.9 Å². The zero-order valence-electron chi connectivity index (χ0n) is 10.6. The van der Waals surface area contributed by atoms with Crippen molar-refractivity contribution in [1.82, 2.24) is 9.97 Å². The molecule has 0 radical (unpaired) electrons. The monoisotopic (exact) mass is 234 g/mol. The van der Waals surface area contributed by atoms with E-state index in [1.165, 1.54) is 19.8 Å². The molecule has 4 heteroatoms. The predicted molar refractivity (Wildman–Crippen MR) is 63.9 cm³/mol. The molecule has 4 nitrogen and oxygen atoms in total. The molecule has 0 bridgehead atoms. The van der Waals surface area contributed by atoms with Gasteiger partial charge in [-0.1, -0.05) is 0 Å². The number of carbonyl (C=O) groups excluding carboxylic acids is 1. The third-order valence-corrected chi connectivity index (χ3v) is 3.03. The van der Waals surface area contributed by atoms with Gasteiger partial charge in [-0.2, -0.15) is 0 Å². The Bertz CT molecular complexity index is 427. The van der Waals surface area contributed by atoms with Crippen LogP contribution >= 0.6 is 0 Å². The lowest BCUT2D eigenvalue weighted by atomic mass is 10.1. The van der Waals surface area contributed by atoms with Crippen LogP contribution in [0.1, 0.15) is 54.7 Å². The molecular weight excluding hydrogens is 216 g/mol. The van der Waals surface area contributed by atoms with Crippen LogP contribution in [0.2, 0.25) is 0 Å². The van der Waals surface area contributed by atoms with Crippen molar-refractivity contribution in [2.45, 2.75) is 39.7 Å². The second kappa shape index (κ2) is 4.92. The molecule has 2 rings (SSSR count). The van der Waals surface area contributed by atoms with Crippen molar-refractivity contribution in [3.8, 4) is 0 Å². The Labute approximate surface area is 101 Å². The van der Waals surface area contributed by atoms with Crippen LogP contribution in [-0.4, -0.2) is 22.4 Å². The summed E-state index contributed by atoms with van der Waals surface area (Å²) < 4.78 is 5.70. The summed E-state index contributed by atoms with van der Waals surface area (Å²) in [6, 6.07) is 0. The van der Waals surface area contributed by atoms with Crippen LogP contribution in [0, 0.1) is 12.8 Å². The molecule has 0 saturated heterocycles. The van der Waals surface area contributed by atoms with Crippen LogP contribution < -0.4 is 0 Å². The van der Waals surface area contributed by atoms with Gasteiger partial charge in [0, 0.05) is 12.8 Å². The smallest absolute Gasteiger partial charge is 0.163 e. The first kappa shape index (κ1) is 12.2. The van der Waals surface area contributed by atoms with Crippen molar-refractivity contribution in [1.29, 1.82) is 0 Å². The summed E-state index contributed by atoms with van der Waals surface area (Å²) in [7, 11) is 0. The lowest BCUT2D eigenvalue weighted by Gasteiger charge is -2.15. The normalized spacial score (nSPS) is 16.9. The number of rotatable bonds is 5. The highest BCUT2D eigenvalue weighted by molar-refractivity contribution is 5.94. The summed E-state index contributed by atoms with van der Waals surface area (Å²) in [4.78, 5) is 20.0. The van der Waals surface area contributed by atoms with E-state index in [4.69, 9.17) is 4.74 Å². The minimum atomic E-state index is -0.000270. The molecule has 1 aromatic rings. The predicted octanol–water partition coefficient (Wildman–Crippen LogP) is 2.48. The van der Waals surface area contributed by atoms with Crippen LogP contribution in [0.4, 0.5) is 0 Å². The van der Waals surface area contributed by atoms with Crippen LogP contribution in [0.25, 0.3) is 0 Å². The molecule has 1 aliphatic rings. The molecule has 1 saturated carbocycles. The number of aromatic nitrogens is 2. The fraction of sp³-hybridized carbons (Fsp3) is 0.615. The average molecular weight is 234 g/mol. The van der Waals surface area contributed by atoms with Crippen molar-refractivity contribution >= 4 is 5.78 Å². The topological polar surface area (TPSA) is 52.1 Å². The number of carbonyl (C=O) groups is 1. The molecule has 0 N–H and O–H groups in total. The average Bonchev–Trinajstić information content (AvgIpc) is 3.09. The molecule has 92 valence electrons. The quantitative estimate of drug-likeness (QED) is 0.734. The Morgan fingerprint density at radius 2 is 2.29 bits per heavy atom. The molecule has 1 atom stereocenters. The first-order chi connectivity index (χ1) is 8.13. The number of hydrogen-bond acceptors (Lipinski definition) is 4. The van der Waals surface area contributed by atoms with Crippen LogP contribution in [0.15, 0.2) is 6.20 Å². The summed E-state index contributed by atoms with van der Waals surface area (Å²) in [5.41, 5.74) is 1.34. The van der Waals surface area contributed by atoms with E-state index in [2.05, 4.69) is 9.97 Å². The second-order valence-electron chi connectivity index (χ2n) is 4.50. The van der Waals surface area contributed by atoms with E-state index in [0.717, 1.165) is 11.5 Å². The molecule has 1 aromatic heterocycles.